The molecule has 0 aliphatic heterocycles. The molecule has 0 saturated heterocycles. The molecule has 1 heterocycles. The lowest BCUT2D eigenvalue weighted by molar-refractivity contribution is 0.0996. The van der Waals surface area contributed by atoms with Gasteiger partial charge < -0.3 is 5.73 Å². The van der Waals surface area contributed by atoms with E-state index >= 15 is 0 Å². The Morgan fingerprint density at radius 2 is 2.20 bits per heavy atom. The first-order chi connectivity index (χ1) is 7.00. The fourth-order valence-corrected chi connectivity index (χ4v) is 1.64. The summed E-state index contributed by atoms with van der Waals surface area (Å²) in [4.78, 5) is 10.9. The zero-order chi connectivity index (χ0) is 11.2. The van der Waals surface area contributed by atoms with Crippen molar-refractivity contribution in [2.75, 3.05) is 0 Å². The lowest BCUT2D eigenvalue weighted by Crippen LogP contribution is -2.13. The third-order valence-corrected chi connectivity index (χ3v) is 2.39. The molecule has 0 spiro atoms. The van der Waals surface area contributed by atoms with Gasteiger partial charge in [-0.25, -0.2) is 4.39 Å². The summed E-state index contributed by atoms with van der Waals surface area (Å²) in [5.41, 5.74) is 6.37. The van der Waals surface area contributed by atoms with Crippen molar-refractivity contribution in [2.45, 2.75) is 6.92 Å². The molecule has 2 rings (SSSR count). The van der Waals surface area contributed by atoms with Crippen molar-refractivity contribution in [3.63, 3.8) is 0 Å². The van der Waals surface area contributed by atoms with E-state index in [1.54, 1.807) is 18.7 Å². The molecule has 0 aliphatic rings. The maximum absolute atomic E-state index is 13.4. The van der Waals surface area contributed by atoms with Crippen LogP contribution in [0.3, 0.4) is 0 Å². The van der Waals surface area contributed by atoms with E-state index in [1.165, 1.54) is 12.1 Å². The summed E-state index contributed by atoms with van der Waals surface area (Å²) < 4.78 is 15.0. The average Bonchev–Trinajstić information content (AvgIpc) is 2.41. The zero-order valence-electron chi connectivity index (χ0n) is 8.41. The number of rotatable bonds is 1. The molecular formula is C10H10FN3O. The highest BCUT2D eigenvalue weighted by Gasteiger charge is 2.13. The largest absolute Gasteiger partial charge is 0.366 e. The number of hydrogen-bond acceptors (Lipinski definition) is 2. The van der Waals surface area contributed by atoms with Crippen molar-refractivity contribution in [3.8, 4) is 0 Å². The minimum absolute atomic E-state index is 0.106. The van der Waals surface area contributed by atoms with Gasteiger partial charge in [-0.15, -0.1) is 0 Å². The average molecular weight is 207 g/mol. The Kier molecular flexibility index (Phi) is 1.96. The van der Waals surface area contributed by atoms with E-state index in [9.17, 15) is 9.18 Å². The molecule has 2 aromatic rings. The fourth-order valence-electron chi connectivity index (χ4n) is 1.64. The summed E-state index contributed by atoms with van der Waals surface area (Å²) in [7, 11) is 1.73. The number of primary amides is 1. The summed E-state index contributed by atoms with van der Waals surface area (Å²) in [6.45, 7) is 1.78. The molecule has 0 atom stereocenters. The SMILES string of the molecule is Cc1nn(C)c2cc(C(N)=O)c(F)cc12. The van der Waals surface area contributed by atoms with Gasteiger partial charge in [0.15, 0.2) is 0 Å². The Morgan fingerprint density at radius 1 is 1.53 bits per heavy atom. The Labute approximate surface area is 85.5 Å². The van der Waals surface area contributed by atoms with Crippen LogP contribution in [0, 0.1) is 12.7 Å². The van der Waals surface area contributed by atoms with E-state index < -0.39 is 11.7 Å². The minimum Gasteiger partial charge on any atom is -0.366 e. The number of halogens is 1. The van der Waals surface area contributed by atoms with Gasteiger partial charge in [-0.05, 0) is 19.1 Å². The van der Waals surface area contributed by atoms with Crippen LogP contribution in [0.1, 0.15) is 16.1 Å². The Balaban J connectivity index is 2.85. The molecular weight excluding hydrogens is 197 g/mol. The molecule has 0 radical (unpaired) electrons. The van der Waals surface area contributed by atoms with Crippen molar-refractivity contribution in [1.82, 2.24) is 9.78 Å². The van der Waals surface area contributed by atoms with Crippen LogP contribution < -0.4 is 5.73 Å². The molecule has 0 saturated carbocycles. The quantitative estimate of drug-likeness (QED) is 0.761. The maximum atomic E-state index is 13.4. The first-order valence-electron chi connectivity index (χ1n) is 4.43. The lowest BCUT2D eigenvalue weighted by atomic mass is 10.1. The van der Waals surface area contributed by atoms with Crippen LogP contribution in [0.25, 0.3) is 10.9 Å². The number of carbonyl (C=O) groups is 1. The molecule has 5 heteroatoms. The topological polar surface area (TPSA) is 60.9 Å². The van der Waals surface area contributed by atoms with Crippen LogP contribution in [0.2, 0.25) is 0 Å². The van der Waals surface area contributed by atoms with E-state index in [0.717, 1.165) is 5.69 Å². The number of nitrogens with zero attached hydrogens (tertiary/aromatic N) is 2. The van der Waals surface area contributed by atoms with E-state index in [4.69, 9.17) is 5.73 Å². The van der Waals surface area contributed by atoms with Crippen LogP contribution in [-0.2, 0) is 7.05 Å². The molecule has 1 aromatic heterocycles. The number of hydrogen-bond donors (Lipinski definition) is 1. The van der Waals surface area contributed by atoms with E-state index in [-0.39, 0.29) is 5.56 Å². The van der Waals surface area contributed by atoms with Gasteiger partial charge in [0.2, 0.25) is 0 Å². The summed E-state index contributed by atoms with van der Waals surface area (Å²) >= 11 is 0. The van der Waals surface area contributed by atoms with Crippen molar-refractivity contribution in [2.24, 2.45) is 12.8 Å². The fraction of sp³-hybridized carbons (Fsp3) is 0.200. The van der Waals surface area contributed by atoms with Crippen LogP contribution in [0.15, 0.2) is 12.1 Å². The smallest absolute Gasteiger partial charge is 0.251 e. The Hall–Kier alpha value is -1.91. The number of nitrogens with two attached hydrogens (primary N) is 1. The highest BCUT2D eigenvalue weighted by atomic mass is 19.1. The number of aryl methyl sites for hydroxylation is 2. The molecule has 78 valence electrons. The maximum Gasteiger partial charge on any atom is 0.251 e. The molecule has 0 aliphatic carbocycles. The Bertz CT molecular complexity index is 559. The minimum atomic E-state index is -0.770. The number of carbonyl (C=O) groups excluding carboxylic acids is 1. The Morgan fingerprint density at radius 3 is 2.80 bits per heavy atom. The predicted molar refractivity (Wildman–Crippen MR) is 53.9 cm³/mol. The van der Waals surface area contributed by atoms with Gasteiger partial charge in [-0.3, -0.25) is 9.48 Å². The normalized spacial score (nSPS) is 10.9. The zero-order valence-corrected chi connectivity index (χ0v) is 8.41. The number of aromatic nitrogens is 2. The molecule has 1 amide bonds. The van der Waals surface area contributed by atoms with Gasteiger partial charge in [-0.2, -0.15) is 5.10 Å². The van der Waals surface area contributed by atoms with Gasteiger partial charge in [0, 0.05) is 12.4 Å². The molecule has 1 aromatic carbocycles. The van der Waals surface area contributed by atoms with Crippen LogP contribution >= 0.6 is 0 Å². The van der Waals surface area contributed by atoms with Gasteiger partial charge in [0.25, 0.3) is 5.91 Å². The lowest BCUT2D eigenvalue weighted by Gasteiger charge is -2.00. The second-order valence-corrected chi connectivity index (χ2v) is 3.42. The molecule has 0 bridgehead atoms. The standard InChI is InChI=1S/C10H10FN3O/c1-5-6-3-8(11)7(10(12)15)4-9(6)14(2)13-5/h3-4H,1-2H3,(H2,12,15). The van der Waals surface area contributed by atoms with E-state index in [2.05, 4.69) is 5.10 Å². The highest BCUT2D eigenvalue weighted by Crippen LogP contribution is 2.21. The van der Waals surface area contributed by atoms with Crippen LogP contribution in [0.5, 0.6) is 0 Å². The summed E-state index contributed by atoms with van der Waals surface area (Å²) in [5, 5.41) is 4.82. The van der Waals surface area contributed by atoms with Gasteiger partial charge in [0.1, 0.15) is 5.82 Å². The van der Waals surface area contributed by atoms with E-state index in [1.807, 2.05) is 0 Å². The van der Waals surface area contributed by atoms with Crippen molar-refractivity contribution < 1.29 is 9.18 Å². The number of benzene rings is 1. The predicted octanol–water partition coefficient (Wildman–Crippen LogP) is 1.12. The third kappa shape index (κ3) is 1.36. The molecule has 2 N–H and O–H groups in total. The monoisotopic (exact) mass is 207 g/mol. The number of fused-ring (bicyclic) bond motifs is 1. The first-order valence-corrected chi connectivity index (χ1v) is 4.43. The molecule has 0 fully saturated rings. The van der Waals surface area contributed by atoms with Gasteiger partial charge >= 0.3 is 0 Å². The van der Waals surface area contributed by atoms with Crippen LogP contribution in [0.4, 0.5) is 4.39 Å². The number of amides is 1. The highest BCUT2D eigenvalue weighted by molar-refractivity contribution is 5.97. The second-order valence-electron chi connectivity index (χ2n) is 3.42. The third-order valence-electron chi connectivity index (χ3n) is 2.39. The first kappa shape index (κ1) is 9.64. The van der Waals surface area contributed by atoms with Gasteiger partial charge in [-0.1, -0.05) is 0 Å². The molecule has 0 unspecified atom stereocenters. The van der Waals surface area contributed by atoms with Crippen LogP contribution in [-0.4, -0.2) is 15.7 Å². The second kappa shape index (κ2) is 3.05. The van der Waals surface area contributed by atoms with Gasteiger partial charge in [0.05, 0.1) is 16.8 Å². The van der Waals surface area contributed by atoms with Crippen molar-refractivity contribution >= 4 is 16.8 Å². The summed E-state index contributed by atoms with van der Waals surface area (Å²) in [6, 6.07) is 2.71. The van der Waals surface area contributed by atoms with Crippen molar-refractivity contribution in [1.29, 1.82) is 0 Å². The van der Waals surface area contributed by atoms with E-state index in [0.29, 0.717) is 10.9 Å². The summed E-state index contributed by atoms with van der Waals surface area (Å²) in [5.74, 6) is -1.38. The summed E-state index contributed by atoms with van der Waals surface area (Å²) in [6.07, 6.45) is 0. The van der Waals surface area contributed by atoms with Crippen molar-refractivity contribution in [3.05, 3.63) is 29.2 Å². The molecule has 15 heavy (non-hydrogen) atoms. The molecule has 4 nitrogen and oxygen atoms in total.